The molecule has 172 valence electrons. The molecule has 2 unspecified atom stereocenters. The Labute approximate surface area is 200 Å². The van der Waals surface area contributed by atoms with Gasteiger partial charge in [0.05, 0.1) is 28.4 Å². The molecule has 0 spiro atoms. The van der Waals surface area contributed by atoms with Crippen molar-refractivity contribution in [3.05, 3.63) is 46.3 Å². The Morgan fingerprint density at radius 3 is 2.74 bits per heavy atom. The second kappa shape index (κ2) is 13.7. The van der Waals surface area contributed by atoms with E-state index in [1.807, 2.05) is 6.07 Å². The smallest absolute Gasteiger partial charge is 0.119 e. The van der Waals surface area contributed by atoms with Gasteiger partial charge in [0.1, 0.15) is 5.75 Å². The van der Waals surface area contributed by atoms with Gasteiger partial charge in [0.25, 0.3) is 0 Å². The van der Waals surface area contributed by atoms with Crippen molar-refractivity contribution >= 4 is 34.9 Å². The monoisotopic (exact) mass is 482 g/mol. The first kappa shape index (κ1) is 24.9. The van der Waals surface area contributed by atoms with E-state index in [0.717, 1.165) is 75.2 Å². The number of morpholine rings is 1. The molecule has 2 heterocycles. The number of halogens is 1. The number of benzene rings is 1. The number of rotatable bonds is 13. The quantitative estimate of drug-likeness (QED) is 0.273. The zero-order valence-corrected chi connectivity index (χ0v) is 21.0. The fraction of sp³-hybridized carbons (Fsp3) is 0.583. The molecule has 0 amide bonds. The third kappa shape index (κ3) is 8.60. The van der Waals surface area contributed by atoms with Gasteiger partial charge in [-0.05, 0) is 67.0 Å². The van der Waals surface area contributed by atoms with E-state index in [-0.39, 0.29) is 0 Å². The van der Waals surface area contributed by atoms with Crippen molar-refractivity contribution in [2.45, 2.75) is 49.8 Å². The summed E-state index contributed by atoms with van der Waals surface area (Å²) in [6, 6.07) is 13.1. The predicted molar refractivity (Wildman–Crippen MR) is 134 cm³/mol. The van der Waals surface area contributed by atoms with Crippen LogP contribution in [0.1, 0.15) is 38.7 Å². The van der Waals surface area contributed by atoms with Gasteiger partial charge in [0.2, 0.25) is 0 Å². The van der Waals surface area contributed by atoms with E-state index in [1.54, 1.807) is 23.3 Å². The molecule has 1 saturated heterocycles. The zero-order valence-electron chi connectivity index (χ0n) is 18.6. The van der Waals surface area contributed by atoms with Crippen LogP contribution in [-0.2, 0) is 11.2 Å². The summed E-state index contributed by atoms with van der Waals surface area (Å²) in [7, 11) is 0. The van der Waals surface area contributed by atoms with Crippen molar-refractivity contribution in [1.29, 1.82) is 0 Å². The summed E-state index contributed by atoms with van der Waals surface area (Å²) in [5.41, 5.74) is 1.35. The van der Waals surface area contributed by atoms with Crippen molar-refractivity contribution in [3.63, 3.8) is 0 Å². The van der Waals surface area contributed by atoms with E-state index in [0.29, 0.717) is 12.0 Å². The lowest BCUT2D eigenvalue weighted by Gasteiger charge is -2.26. The van der Waals surface area contributed by atoms with Crippen LogP contribution < -0.4 is 9.46 Å². The number of ether oxygens (including phenoxy) is 2. The maximum Gasteiger partial charge on any atom is 0.119 e. The van der Waals surface area contributed by atoms with Crippen molar-refractivity contribution in [2.24, 2.45) is 5.92 Å². The number of nitrogens with zero attached hydrogens (tertiary/aromatic N) is 1. The lowest BCUT2D eigenvalue weighted by atomic mass is 9.89. The summed E-state index contributed by atoms with van der Waals surface area (Å²) < 4.78 is 17.2. The molecule has 0 saturated carbocycles. The second-order valence-corrected chi connectivity index (χ2v) is 10.8. The molecule has 0 bridgehead atoms. The molecule has 31 heavy (non-hydrogen) atoms. The highest BCUT2D eigenvalue weighted by atomic mass is 35.5. The van der Waals surface area contributed by atoms with E-state index < -0.39 is 0 Å². The van der Waals surface area contributed by atoms with Gasteiger partial charge in [-0.15, -0.1) is 11.3 Å². The Hall–Kier alpha value is -0.760. The third-order valence-electron chi connectivity index (χ3n) is 5.78. The van der Waals surface area contributed by atoms with Crippen molar-refractivity contribution in [2.75, 3.05) is 39.5 Å². The van der Waals surface area contributed by atoms with Crippen molar-refractivity contribution < 1.29 is 9.47 Å². The van der Waals surface area contributed by atoms with Crippen molar-refractivity contribution in [1.82, 2.24) is 9.62 Å². The maximum atomic E-state index is 6.06. The van der Waals surface area contributed by atoms with Gasteiger partial charge in [-0.1, -0.05) is 44.0 Å². The molecule has 1 aromatic heterocycles. The molecule has 1 aliphatic rings. The van der Waals surface area contributed by atoms with Gasteiger partial charge >= 0.3 is 0 Å². The average Bonchev–Trinajstić information content (AvgIpc) is 3.22. The van der Waals surface area contributed by atoms with Gasteiger partial charge in [0, 0.05) is 25.7 Å². The van der Waals surface area contributed by atoms with Gasteiger partial charge in [-0.25, -0.2) is 0 Å². The minimum absolute atomic E-state index is 0.453. The van der Waals surface area contributed by atoms with Crippen LogP contribution in [0.4, 0.5) is 0 Å². The van der Waals surface area contributed by atoms with Gasteiger partial charge in [-0.2, -0.15) is 0 Å². The highest BCUT2D eigenvalue weighted by Crippen LogP contribution is 2.30. The molecule has 4 nitrogen and oxygen atoms in total. The van der Waals surface area contributed by atoms with Gasteiger partial charge < -0.3 is 9.47 Å². The first-order valence-corrected chi connectivity index (χ1v) is 13.4. The lowest BCUT2D eigenvalue weighted by Crippen LogP contribution is -2.37. The Bertz CT molecular complexity index is 768. The number of hydrogen-bond donors (Lipinski definition) is 1. The maximum absolute atomic E-state index is 6.06. The van der Waals surface area contributed by atoms with Crippen LogP contribution >= 0.6 is 34.9 Å². The Balaban J connectivity index is 1.46. The number of nitrogens with one attached hydrogen (secondary N) is 1. The van der Waals surface area contributed by atoms with Crippen LogP contribution in [0.3, 0.4) is 0 Å². The summed E-state index contributed by atoms with van der Waals surface area (Å²) in [4.78, 5) is 2.45. The molecule has 1 aliphatic heterocycles. The molecule has 0 aliphatic carbocycles. The van der Waals surface area contributed by atoms with Gasteiger partial charge in [-0.3, -0.25) is 9.62 Å². The molecule has 7 heteroatoms. The van der Waals surface area contributed by atoms with E-state index in [1.165, 1.54) is 9.77 Å². The zero-order chi connectivity index (χ0) is 21.9. The van der Waals surface area contributed by atoms with Crippen LogP contribution in [0.5, 0.6) is 5.75 Å². The summed E-state index contributed by atoms with van der Waals surface area (Å²) in [6.45, 7) is 10.2. The van der Waals surface area contributed by atoms with E-state index >= 15 is 0 Å². The van der Waals surface area contributed by atoms with Crippen LogP contribution in [-0.4, -0.2) is 50.4 Å². The molecular weight excluding hydrogens is 448 g/mol. The first-order chi connectivity index (χ1) is 15.2. The molecule has 1 aromatic carbocycles. The Morgan fingerprint density at radius 1 is 1.19 bits per heavy atom. The number of hydrogen-bond acceptors (Lipinski definition) is 6. The summed E-state index contributed by atoms with van der Waals surface area (Å²) in [6.07, 6.45) is 4.34. The molecular formula is C24H35ClN2O2S2. The Kier molecular flexibility index (Phi) is 11.0. The Morgan fingerprint density at radius 2 is 2.03 bits per heavy atom. The summed E-state index contributed by atoms with van der Waals surface area (Å²) in [5, 5.41) is 0. The predicted octanol–water partition coefficient (Wildman–Crippen LogP) is 6.15. The fourth-order valence-corrected chi connectivity index (χ4v) is 6.20. The molecule has 3 rings (SSSR count). The van der Waals surface area contributed by atoms with E-state index in [9.17, 15) is 0 Å². The largest absolute Gasteiger partial charge is 0.494 e. The SMILES string of the molecule is CCC(Cc1cccc(OCCCN2CCOCC2)c1)C(CC)NSc1ccc(Cl)s1. The summed E-state index contributed by atoms with van der Waals surface area (Å²) >= 11 is 9.39. The molecule has 1 fully saturated rings. The highest BCUT2D eigenvalue weighted by Gasteiger charge is 2.19. The normalized spacial score (nSPS) is 16.9. The fourth-order valence-electron chi connectivity index (χ4n) is 3.94. The van der Waals surface area contributed by atoms with Gasteiger partial charge in [0.15, 0.2) is 0 Å². The molecule has 2 atom stereocenters. The van der Waals surface area contributed by atoms with Crippen LogP contribution in [0.25, 0.3) is 0 Å². The molecule has 0 radical (unpaired) electrons. The topological polar surface area (TPSA) is 33.7 Å². The second-order valence-electron chi connectivity index (χ2n) is 7.97. The first-order valence-electron chi connectivity index (χ1n) is 11.4. The lowest BCUT2D eigenvalue weighted by molar-refractivity contribution is 0.0358. The molecule has 2 aromatic rings. The number of thiophene rings is 1. The van der Waals surface area contributed by atoms with Crippen molar-refractivity contribution in [3.8, 4) is 5.75 Å². The van der Waals surface area contributed by atoms with Crippen LogP contribution in [0.15, 0.2) is 40.6 Å². The molecule has 1 N–H and O–H groups in total. The van der Waals surface area contributed by atoms with E-state index in [2.05, 4.69) is 53.8 Å². The third-order valence-corrected chi connectivity index (χ3v) is 8.06. The van der Waals surface area contributed by atoms with Crippen LogP contribution in [0, 0.1) is 5.92 Å². The minimum Gasteiger partial charge on any atom is -0.494 e. The summed E-state index contributed by atoms with van der Waals surface area (Å²) in [5.74, 6) is 1.56. The minimum atomic E-state index is 0.453. The standard InChI is InChI=1S/C24H35ClN2O2S2/c1-3-20(22(4-2)26-31-24-10-9-23(25)30-24)17-19-7-5-8-21(18-19)29-14-6-11-27-12-15-28-16-13-27/h5,7-10,18,20,22,26H,3-4,6,11-17H2,1-2H3. The van der Waals surface area contributed by atoms with E-state index in [4.69, 9.17) is 21.1 Å². The highest BCUT2D eigenvalue weighted by molar-refractivity contribution is 7.99. The average molecular weight is 483 g/mol. The van der Waals surface area contributed by atoms with Crippen LogP contribution in [0.2, 0.25) is 4.34 Å².